The molecule has 0 spiro atoms. The number of unbranched alkanes of at least 4 members (excludes halogenated alkanes) is 5. The minimum absolute atomic E-state index is 0.0113. The van der Waals surface area contributed by atoms with Crippen molar-refractivity contribution >= 4 is 5.91 Å². The molecule has 1 aliphatic rings. The molecule has 3 rings (SSSR count). The fourth-order valence-corrected chi connectivity index (χ4v) is 3.36. The molecular weight excluding hydrogens is 374 g/mol. The molecule has 0 bridgehead atoms. The fourth-order valence-electron chi connectivity index (χ4n) is 3.36. The van der Waals surface area contributed by atoms with Crippen LogP contribution in [0.25, 0.3) is 0 Å². The average Bonchev–Trinajstić information content (AvgIpc) is 2.80. The molecule has 1 aliphatic carbocycles. The number of carbonyl (C=O) groups excluding carboxylic acids is 1. The number of rotatable bonds is 10. The van der Waals surface area contributed by atoms with Crippen molar-refractivity contribution in [3.05, 3.63) is 77.8 Å². The summed E-state index contributed by atoms with van der Waals surface area (Å²) in [6.07, 6.45) is 18.2. The molecule has 0 fully saturated rings. The number of aromatic nitrogens is 2. The van der Waals surface area contributed by atoms with Crippen LogP contribution in [0, 0.1) is 0 Å². The lowest BCUT2D eigenvalue weighted by atomic mass is 10.1. The van der Waals surface area contributed by atoms with Crippen molar-refractivity contribution in [1.29, 1.82) is 0 Å². The Bertz CT molecular complexity index is 917. The second-order valence-corrected chi connectivity index (χ2v) is 7.48. The summed E-state index contributed by atoms with van der Waals surface area (Å²) >= 11 is 0. The molecule has 5 heteroatoms. The van der Waals surface area contributed by atoms with Gasteiger partial charge in [-0.25, -0.2) is 9.67 Å². The molecule has 0 aliphatic heterocycles. The van der Waals surface area contributed by atoms with Gasteiger partial charge in [-0.1, -0.05) is 81.5 Å². The molecule has 1 aromatic carbocycles. The monoisotopic (exact) mass is 405 g/mol. The second kappa shape index (κ2) is 11.9. The van der Waals surface area contributed by atoms with E-state index in [1.54, 1.807) is 24.4 Å². The molecule has 0 saturated carbocycles. The quantitative estimate of drug-likeness (QED) is 0.392. The van der Waals surface area contributed by atoms with Crippen molar-refractivity contribution in [3.63, 3.8) is 0 Å². The van der Waals surface area contributed by atoms with Crippen molar-refractivity contribution in [2.24, 2.45) is 4.99 Å². The first-order chi connectivity index (χ1) is 14.8. The van der Waals surface area contributed by atoms with Crippen LogP contribution in [0.1, 0.15) is 68.3 Å². The highest BCUT2D eigenvalue weighted by molar-refractivity contribution is 5.94. The molecule has 30 heavy (non-hydrogen) atoms. The van der Waals surface area contributed by atoms with Crippen molar-refractivity contribution in [2.45, 2.75) is 57.9 Å². The highest BCUT2D eigenvalue weighted by Crippen LogP contribution is 2.20. The number of benzene rings is 1. The zero-order valence-electron chi connectivity index (χ0n) is 17.7. The van der Waals surface area contributed by atoms with E-state index in [1.807, 2.05) is 22.9 Å². The maximum absolute atomic E-state index is 12.4. The molecule has 1 aromatic heterocycles. The maximum Gasteiger partial charge on any atom is 0.277 e. The number of amides is 1. The Labute approximate surface area is 178 Å². The van der Waals surface area contributed by atoms with E-state index >= 15 is 0 Å². The minimum atomic E-state index is -0.283. The first-order valence-corrected chi connectivity index (χ1v) is 11.0. The Morgan fingerprint density at radius 1 is 1.10 bits per heavy atom. The Kier molecular flexibility index (Phi) is 8.63. The zero-order valence-corrected chi connectivity index (χ0v) is 17.7. The van der Waals surface area contributed by atoms with E-state index in [1.165, 1.54) is 25.7 Å². The third-order valence-corrected chi connectivity index (χ3v) is 5.03. The predicted molar refractivity (Wildman–Crippen MR) is 119 cm³/mol. The van der Waals surface area contributed by atoms with Crippen molar-refractivity contribution < 1.29 is 9.53 Å². The van der Waals surface area contributed by atoms with Crippen LogP contribution in [0.15, 0.2) is 71.9 Å². The lowest BCUT2D eigenvalue weighted by Crippen LogP contribution is -2.19. The first kappa shape index (κ1) is 21.8. The van der Waals surface area contributed by atoms with Gasteiger partial charge in [-0.2, -0.15) is 5.10 Å². The number of hydrogen-bond donors (Lipinski definition) is 0. The summed E-state index contributed by atoms with van der Waals surface area (Å²) in [5.41, 5.74) is 0.557. The molecule has 5 nitrogen and oxygen atoms in total. The lowest BCUT2D eigenvalue weighted by molar-refractivity contribution is 0.0998. The smallest absolute Gasteiger partial charge is 0.277 e. The Hall–Kier alpha value is -2.95. The second-order valence-electron chi connectivity index (χ2n) is 7.48. The predicted octanol–water partition coefficient (Wildman–Crippen LogP) is 5.42. The summed E-state index contributed by atoms with van der Waals surface area (Å²) in [5, 5.41) is 5.03. The van der Waals surface area contributed by atoms with E-state index in [-0.39, 0.29) is 11.9 Å². The molecule has 1 amide bonds. The van der Waals surface area contributed by atoms with E-state index in [0.29, 0.717) is 23.4 Å². The van der Waals surface area contributed by atoms with Gasteiger partial charge in [0.2, 0.25) is 5.88 Å². The van der Waals surface area contributed by atoms with E-state index < -0.39 is 0 Å². The third-order valence-electron chi connectivity index (χ3n) is 5.03. The number of allylic oxidation sites excluding steroid dienone is 4. The van der Waals surface area contributed by atoms with Crippen LogP contribution in [0.2, 0.25) is 0 Å². The van der Waals surface area contributed by atoms with Gasteiger partial charge in [-0.05, 0) is 25.0 Å². The average molecular weight is 406 g/mol. The molecule has 0 saturated heterocycles. The van der Waals surface area contributed by atoms with Crippen LogP contribution >= 0.6 is 0 Å². The molecule has 2 aromatic rings. The van der Waals surface area contributed by atoms with Crippen LogP contribution in [-0.4, -0.2) is 22.3 Å². The topological polar surface area (TPSA) is 56.5 Å². The molecular formula is C25H31N3O2. The standard InChI is InChI=1S/C25H31N3O2/c1-2-3-4-5-6-13-18-30-24-19-22(27-25(29)21-14-9-7-10-15-21)20-26-28(24)23-16-11-8-12-17-23/h7,9-12,14-17,19-20,23H,2-6,8,13,18H2,1H3. The maximum atomic E-state index is 12.4. The van der Waals surface area contributed by atoms with Gasteiger partial charge in [0.1, 0.15) is 0 Å². The van der Waals surface area contributed by atoms with Crippen molar-refractivity contribution in [2.75, 3.05) is 6.61 Å². The van der Waals surface area contributed by atoms with Gasteiger partial charge < -0.3 is 4.74 Å². The first-order valence-electron chi connectivity index (χ1n) is 11.0. The van der Waals surface area contributed by atoms with Crippen LogP contribution in [0.4, 0.5) is 0 Å². The molecule has 1 heterocycles. The van der Waals surface area contributed by atoms with E-state index in [4.69, 9.17) is 4.74 Å². The molecule has 0 N–H and O–H groups in total. The SMILES string of the molecule is CCCCCCCCOc1cc(=NC(=O)c2ccccc2)cnn1C1C=CCC=C1. The Balaban J connectivity index is 1.74. The molecule has 0 atom stereocenters. The van der Waals surface area contributed by atoms with Gasteiger partial charge in [-0.3, -0.25) is 4.79 Å². The fraction of sp³-hybridized carbons (Fsp3) is 0.400. The zero-order chi connectivity index (χ0) is 21.0. The van der Waals surface area contributed by atoms with Gasteiger partial charge in [-0.15, -0.1) is 0 Å². The number of hydrogen-bond acceptors (Lipinski definition) is 3. The summed E-state index contributed by atoms with van der Waals surface area (Å²) in [5.74, 6) is 0.348. The normalized spacial score (nSPS) is 14.2. The Morgan fingerprint density at radius 3 is 2.60 bits per heavy atom. The summed E-state index contributed by atoms with van der Waals surface area (Å²) in [4.78, 5) is 16.7. The van der Waals surface area contributed by atoms with Gasteiger partial charge in [0, 0.05) is 11.6 Å². The van der Waals surface area contributed by atoms with Crippen molar-refractivity contribution in [3.8, 4) is 5.88 Å². The van der Waals surface area contributed by atoms with Gasteiger partial charge in [0.05, 0.1) is 24.2 Å². The summed E-state index contributed by atoms with van der Waals surface area (Å²) < 4.78 is 7.93. The van der Waals surface area contributed by atoms with Crippen LogP contribution in [0.5, 0.6) is 5.88 Å². The summed E-state index contributed by atoms with van der Waals surface area (Å²) in [6.45, 7) is 2.85. The Morgan fingerprint density at radius 2 is 1.83 bits per heavy atom. The molecule has 0 unspecified atom stereocenters. The highest BCUT2D eigenvalue weighted by atomic mass is 16.5. The van der Waals surface area contributed by atoms with E-state index in [9.17, 15) is 4.79 Å². The summed E-state index contributed by atoms with van der Waals surface area (Å²) in [7, 11) is 0. The number of carbonyl (C=O) groups is 1. The van der Waals surface area contributed by atoms with Crippen LogP contribution in [0.3, 0.4) is 0 Å². The van der Waals surface area contributed by atoms with Gasteiger partial charge in [0.15, 0.2) is 0 Å². The molecule has 158 valence electrons. The van der Waals surface area contributed by atoms with Crippen LogP contribution in [-0.2, 0) is 0 Å². The lowest BCUT2D eigenvalue weighted by Gasteiger charge is -2.19. The minimum Gasteiger partial charge on any atom is -0.478 e. The highest BCUT2D eigenvalue weighted by Gasteiger charge is 2.12. The van der Waals surface area contributed by atoms with Gasteiger partial charge in [0.25, 0.3) is 5.91 Å². The van der Waals surface area contributed by atoms with Crippen molar-refractivity contribution in [1.82, 2.24) is 9.78 Å². The largest absolute Gasteiger partial charge is 0.478 e. The van der Waals surface area contributed by atoms with Crippen LogP contribution < -0.4 is 10.1 Å². The number of nitrogens with zero attached hydrogens (tertiary/aromatic N) is 3. The summed E-state index contributed by atoms with van der Waals surface area (Å²) in [6, 6.07) is 10.9. The van der Waals surface area contributed by atoms with E-state index in [0.717, 1.165) is 19.3 Å². The third kappa shape index (κ3) is 6.55. The number of ether oxygens (including phenoxy) is 1. The van der Waals surface area contributed by atoms with Gasteiger partial charge >= 0.3 is 0 Å². The van der Waals surface area contributed by atoms with E-state index in [2.05, 4.69) is 41.3 Å². The molecule has 0 radical (unpaired) electrons.